The van der Waals surface area contributed by atoms with Gasteiger partial charge in [0.25, 0.3) is 0 Å². The van der Waals surface area contributed by atoms with Crippen molar-refractivity contribution in [3.63, 3.8) is 0 Å². The number of nitrogens with one attached hydrogen (secondary N) is 1. The number of terminal acetylenes is 1. The zero-order valence-electron chi connectivity index (χ0n) is 10.5. The normalized spacial score (nSPS) is 12.2. The molecular weight excluding hydrogens is 222 g/mol. The van der Waals surface area contributed by atoms with Crippen LogP contribution >= 0.6 is 0 Å². The Morgan fingerprint density at radius 2 is 2.06 bits per heavy atom. The van der Waals surface area contributed by atoms with Crippen LogP contribution in [0.2, 0.25) is 0 Å². The molecule has 0 bridgehead atoms. The molecule has 0 aliphatic rings. The van der Waals surface area contributed by atoms with Gasteiger partial charge in [-0.05, 0) is 12.3 Å². The van der Waals surface area contributed by atoms with Crippen LogP contribution in [0.3, 0.4) is 0 Å². The molecule has 0 radical (unpaired) electrons. The van der Waals surface area contributed by atoms with E-state index in [1.165, 1.54) is 0 Å². The first-order valence-electron chi connectivity index (χ1n) is 6.11. The van der Waals surface area contributed by atoms with E-state index in [1.807, 2.05) is 43.3 Å². The van der Waals surface area contributed by atoms with Crippen LogP contribution in [-0.2, 0) is 0 Å². The molecule has 2 heteroatoms. The molecule has 2 aromatic rings. The van der Waals surface area contributed by atoms with Crippen molar-refractivity contribution in [3.8, 4) is 18.1 Å². The maximum Gasteiger partial charge on any atom is 0.128 e. The summed E-state index contributed by atoms with van der Waals surface area (Å²) in [5.41, 5.74) is 0.908. The first-order valence-corrected chi connectivity index (χ1v) is 6.11. The van der Waals surface area contributed by atoms with Crippen LogP contribution in [0.25, 0.3) is 10.8 Å². The van der Waals surface area contributed by atoms with Crippen molar-refractivity contribution in [2.45, 2.75) is 19.4 Å². The monoisotopic (exact) mass is 239 g/mol. The largest absolute Gasteiger partial charge is 0.507 e. The Hall–Kier alpha value is -1.98. The average molecular weight is 239 g/mol. The van der Waals surface area contributed by atoms with Crippen molar-refractivity contribution >= 4 is 10.8 Å². The predicted molar refractivity (Wildman–Crippen MR) is 75.5 cm³/mol. The molecule has 0 heterocycles. The molecule has 0 fully saturated rings. The fourth-order valence-corrected chi connectivity index (χ4v) is 2.09. The van der Waals surface area contributed by atoms with E-state index in [2.05, 4.69) is 11.2 Å². The summed E-state index contributed by atoms with van der Waals surface area (Å²) in [6.45, 7) is 2.78. The number of benzene rings is 2. The summed E-state index contributed by atoms with van der Waals surface area (Å²) in [4.78, 5) is 0. The van der Waals surface area contributed by atoms with Gasteiger partial charge in [0.05, 0.1) is 0 Å². The third-order valence-electron chi connectivity index (χ3n) is 3.12. The summed E-state index contributed by atoms with van der Waals surface area (Å²) < 4.78 is 0. The van der Waals surface area contributed by atoms with Crippen LogP contribution in [0.1, 0.15) is 24.9 Å². The van der Waals surface area contributed by atoms with Crippen molar-refractivity contribution in [1.82, 2.24) is 5.32 Å². The second-order valence-electron chi connectivity index (χ2n) is 4.35. The maximum atomic E-state index is 10.3. The molecule has 0 aliphatic carbocycles. The molecule has 0 saturated carbocycles. The van der Waals surface area contributed by atoms with Crippen LogP contribution < -0.4 is 5.32 Å². The van der Waals surface area contributed by atoms with Crippen LogP contribution in [0.5, 0.6) is 5.75 Å². The molecule has 0 spiro atoms. The van der Waals surface area contributed by atoms with Crippen molar-refractivity contribution < 1.29 is 5.11 Å². The Kier molecular flexibility index (Phi) is 3.86. The molecule has 92 valence electrons. The summed E-state index contributed by atoms with van der Waals surface area (Å²) in [7, 11) is 0. The lowest BCUT2D eigenvalue weighted by Crippen LogP contribution is -2.19. The van der Waals surface area contributed by atoms with Gasteiger partial charge >= 0.3 is 0 Å². The minimum atomic E-state index is 0.0861. The van der Waals surface area contributed by atoms with Crippen LogP contribution in [0.4, 0.5) is 0 Å². The van der Waals surface area contributed by atoms with Crippen LogP contribution in [0, 0.1) is 12.3 Å². The highest BCUT2D eigenvalue weighted by Crippen LogP contribution is 2.32. The molecule has 0 aliphatic heterocycles. The summed E-state index contributed by atoms with van der Waals surface area (Å²) in [6, 6.07) is 11.9. The van der Waals surface area contributed by atoms with Gasteiger partial charge < -0.3 is 10.4 Å². The lowest BCUT2D eigenvalue weighted by Gasteiger charge is -2.16. The van der Waals surface area contributed by atoms with Crippen molar-refractivity contribution in [2.75, 3.05) is 6.54 Å². The van der Waals surface area contributed by atoms with E-state index in [0.29, 0.717) is 12.2 Å². The third-order valence-corrected chi connectivity index (χ3v) is 3.12. The first-order chi connectivity index (χ1) is 8.74. The molecule has 1 atom stereocenters. The van der Waals surface area contributed by atoms with Gasteiger partial charge in [-0.1, -0.05) is 36.4 Å². The van der Waals surface area contributed by atoms with E-state index in [4.69, 9.17) is 6.42 Å². The number of aromatic hydroxyl groups is 1. The zero-order chi connectivity index (χ0) is 13.0. The number of rotatable bonds is 4. The zero-order valence-corrected chi connectivity index (χ0v) is 10.5. The summed E-state index contributed by atoms with van der Waals surface area (Å²) in [5, 5.41) is 15.5. The van der Waals surface area contributed by atoms with Crippen LogP contribution in [-0.4, -0.2) is 11.7 Å². The van der Waals surface area contributed by atoms with E-state index in [0.717, 1.165) is 22.9 Å². The lowest BCUT2D eigenvalue weighted by atomic mass is 10.0. The molecule has 0 saturated heterocycles. The molecule has 18 heavy (non-hydrogen) atoms. The van der Waals surface area contributed by atoms with Gasteiger partial charge in [-0.3, -0.25) is 0 Å². The highest BCUT2D eigenvalue weighted by molar-refractivity contribution is 5.89. The quantitative estimate of drug-likeness (QED) is 0.634. The van der Waals surface area contributed by atoms with Crippen molar-refractivity contribution in [1.29, 1.82) is 0 Å². The van der Waals surface area contributed by atoms with E-state index in [-0.39, 0.29) is 6.04 Å². The Bertz CT molecular complexity index is 583. The Morgan fingerprint density at radius 1 is 1.28 bits per heavy atom. The molecule has 0 aromatic heterocycles. The van der Waals surface area contributed by atoms with Gasteiger partial charge in [-0.15, -0.1) is 12.3 Å². The molecule has 2 nitrogen and oxygen atoms in total. The van der Waals surface area contributed by atoms with E-state index in [1.54, 1.807) is 0 Å². The van der Waals surface area contributed by atoms with E-state index >= 15 is 0 Å². The van der Waals surface area contributed by atoms with Gasteiger partial charge in [0.15, 0.2) is 0 Å². The molecule has 1 unspecified atom stereocenters. The Balaban J connectivity index is 2.28. The Morgan fingerprint density at radius 3 is 2.83 bits per heavy atom. The molecule has 2 aromatic carbocycles. The summed E-state index contributed by atoms with van der Waals surface area (Å²) >= 11 is 0. The topological polar surface area (TPSA) is 32.3 Å². The van der Waals surface area contributed by atoms with Crippen molar-refractivity contribution in [2.24, 2.45) is 0 Å². The third kappa shape index (κ3) is 2.47. The highest BCUT2D eigenvalue weighted by atomic mass is 16.3. The number of hydrogen-bond donors (Lipinski definition) is 2. The lowest BCUT2D eigenvalue weighted by molar-refractivity contribution is 0.460. The molecule has 2 rings (SSSR count). The summed E-state index contributed by atoms with van der Waals surface area (Å²) in [6.07, 6.45) is 5.91. The maximum absolute atomic E-state index is 10.3. The minimum Gasteiger partial charge on any atom is -0.507 e. The SMILES string of the molecule is C#CCCNC(C)c1ccc2ccccc2c1O. The molecular formula is C16H17NO. The number of hydrogen-bond acceptors (Lipinski definition) is 2. The molecule has 0 amide bonds. The fraction of sp³-hybridized carbons (Fsp3) is 0.250. The number of phenols is 1. The van der Waals surface area contributed by atoms with Gasteiger partial charge in [0.2, 0.25) is 0 Å². The number of fused-ring (bicyclic) bond motifs is 1. The fourth-order valence-electron chi connectivity index (χ4n) is 2.09. The second-order valence-corrected chi connectivity index (χ2v) is 4.35. The first kappa shape index (κ1) is 12.5. The summed E-state index contributed by atoms with van der Waals surface area (Å²) in [5.74, 6) is 2.95. The average Bonchev–Trinajstić information content (AvgIpc) is 2.39. The minimum absolute atomic E-state index is 0.0861. The molecule has 2 N–H and O–H groups in total. The van der Waals surface area contributed by atoms with Gasteiger partial charge in [-0.25, -0.2) is 0 Å². The second kappa shape index (κ2) is 5.57. The number of phenolic OH excluding ortho intramolecular Hbond substituents is 1. The van der Waals surface area contributed by atoms with Crippen LogP contribution in [0.15, 0.2) is 36.4 Å². The smallest absolute Gasteiger partial charge is 0.128 e. The highest BCUT2D eigenvalue weighted by Gasteiger charge is 2.11. The van der Waals surface area contributed by atoms with Gasteiger partial charge in [-0.2, -0.15) is 0 Å². The van der Waals surface area contributed by atoms with E-state index in [9.17, 15) is 5.11 Å². The van der Waals surface area contributed by atoms with Gasteiger partial charge in [0, 0.05) is 30.0 Å². The van der Waals surface area contributed by atoms with Crippen molar-refractivity contribution in [3.05, 3.63) is 42.0 Å². The van der Waals surface area contributed by atoms with E-state index < -0.39 is 0 Å². The standard InChI is InChI=1S/C16H17NO/c1-3-4-11-17-12(2)14-10-9-13-7-5-6-8-15(13)16(14)18/h1,5-10,12,17-18H,4,11H2,2H3. The van der Waals surface area contributed by atoms with Gasteiger partial charge in [0.1, 0.15) is 5.75 Å². The Labute approximate surface area is 108 Å². The predicted octanol–water partition coefficient (Wildman–Crippen LogP) is 3.22.